The molecule has 1 aliphatic heterocycles. The Kier molecular flexibility index (Phi) is 9.82. The molecule has 2 aromatic rings. The van der Waals surface area contributed by atoms with Crippen molar-refractivity contribution < 1.29 is 9.47 Å². The summed E-state index contributed by atoms with van der Waals surface area (Å²) >= 11 is 0. The summed E-state index contributed by atoms with van der Waals surface area (Å²) in [6.45, 7) is 5.22. The van der Waals surface area contributed by atoms with Crippen LogP contribution in [-0.4, -0.2) is 69.3 Å². The van der Waals surface area contributed by atoms with Gasteiger partial charge in [0.25, 0.3) is 0 Å². The minimum atomic E-state index is 0. The number of nitrogens with one attached hydrogen (secondary N) is 1. The molecular weight excluding hydrogens is 481 g/mol. The fourth-order valence-corrected chi connectivity index (χ4v) is 3.15. The van der Waals surface area contributed by atoms with Crippen LogP contribution in [0.15, 0.2) is 53.7 Å². The summed E-state index contributed by atoms with van der Waals surface area (Å²) in [7, 11) is 3.49. The van der Waals surface area contributed by atoms with Crippen molar-refractivity contribution in [3.8, 4) is 11.5 Å². The lowest BCUT2D eigenvalue weighted by Gasteiger charge is -2.37. The van der Waals surface area contributed by atoms with Gasteiger partial charge in [-0.2, -0.15) is 0 Å². The first-order valence-electron chi connectivity index (χ1n) is 9.68. The van der Waals surface area contributed by atoms with Gasteiger partial charge < -0.3 is 24.6 Å². The van der Waals surface area contributed by atoms with E-state index in [-0.39, 0.29) is 24.0 Å². The molecule has 8 heteroatoms. The molecule has 0 radical (unpaired) electrons. The highest BCUT2D eigenvalue weighted by Crippen LogP contribution is 2.17. The summed E-state index contributed by atoms with van der Waals surface area (Å²) in [6.07, 6.45) is 2.75. The van der Waals surface area contributed by atoms with Gasteiger partial charge in [0.1, 0.15) is 17.3 Å². The Labute approximate surface area is 190 Å². The van der Waals surface area contributed by atoms with E-state index in [4.69, 9.17) is 9.47 Å². The maximum absolute atomic E-state index is 5.77. The Morgan fingerprint density at radius 1 is 1.07 bits per heavy atom. The molecule has 158 valence electrons. The number of ether oxygens (including phenoxy) is 2. The van der Waals surface area contributed by atoms with E-state index in [0.29, 0.717) is 6.61 Å². The number of guanidine groups is 1. The van der Waals surface area contributed by atoms with Crippen LogP contribution < -0.4 is 19.7 Å². The molecule has 1 aliphatic rings. The van der Waals surface area contributed by atoms with Crippen LogP contribution in [-0.2, 0) is 0 Å². The molecule has 1 N–H and O–H groups in total. The number of anilines is 1. The Morgan fingerprint density at radius 2 is 1.79 bits per heavy atom. The fraction of sp³-hybridized carbons (Fsp3) is 0.429. The van der Waals surface area contributed by atoms with Crippen LogP contribution in [0.1, 0.15) is 6.42 Å². The standard InChI is InChI=1S/C21H29N5O2.HI/c1-22-21(24-12-5-17-28-19-9-7-18(27-2)8-10-19)26-15-13-25(14-16-26)20-6-3-4-11-23-20;/h3-4,6-11H,5,12-17H2,1-2H3,(H,22,24);1H. The summed E-state index contributed by atoms with van der Waals surface area (Å²) < 4.78 is 10.9. The molecule has 2 heterocycles. The highest BCUT2D eigenvalue weighted by atomic mass is 127. The lowest BCUT2D eigenvalue weighted by atomic mass is 10.3. The molecule has 0 amide bonds. The zero-order chi connectivity index (χ0) is 19.6. The third kappa shape index (κ3) is 6.95. The van der Waals surface area contributed by atoms with Crippen LogP contribution in [0, 0.1) is 0 Å². The van der Waals surface area contributed by atoms with E-state index in [1.807, 2.05) is 49.6 Å². The summed E-state index contributed by atoms with van der Waals surface area (Å²) in [5, 5.41) is 3.44. The van der Waals surface area contributed by atoms with Crippen LogP contribution in [0.2, 0.25) is 0 Å². The molecule has 1 aromatic carbocycles. The Balaban J connectivity index is 0.00000300. The van der Waals surface area contributed by atoms with Gasteiger partial charge in [-0.25, -0.2) is 4.98 Å². The van der Waals surface area contributed by atoms with E-state index in [9.17, 15) is 0 Å². The van der Waals surface area contributed by atoms with E-state index < -0.39 is 0 Å². The average Bonchev–Trinajstić information content (AvgIpc) is 2.77. The van der Waals surface area contributed by atoms with Crippen molar-refractivity contribution in [2.24, 2.45) is 4.99 Å². The zero-order valence-corrected chi connectivity index (χ0v) is 19.4. The SMILES string of the molecule is CN=C(NCCCOc1ccc(OC)cc1)N1CCN(c2ccccn2)CC1.I. The predicted octanol–water partition coefficient (Wildman–Crippen LogP) is 2.87. The van der Waals surface area contributed by atoms with E-state index in [0.717, 1.165) is 62.4 Å². The molecule has 0 atom stereocenters. The summed E-state index contributed by atoms with van der Waals surface area (Å²) in [5.74, 6) is 3.68. The molecule has 1 aromatic heterocycles. The summed E-state index contributed by atoms with van der Waals surface area (Å²) in [4.78, 5) is 13.5. The number of hydrogen-bond acceptors (Lipinski definition) is 5. The number of hydrogen-bond donors (Lipinski definition) is 1. The topological polar surface area (TPSA) is 62.2 Å². The number of benzene rings is 1. The molecule has 7 nitrogen and oxygen atoms in total. The number of halogens is 1. The second-order valence-corrected chi connectivity index (χ2v) is 6.51. The largest absolute Gasteiger partial charge is 0.497 e. The first-order valence-corrected chi connectivity index (χ1v) is 9.68. The maximum atomic E-state index is 5.77. The van der Waals surface area contributed by atoms with Crippen molar-refractivity contribution in [1.82, 2.24) is 15.2 Å². The zero-order valence-electron chi connectivity index (χ0n) is 17.1. The van der Waals surface area contributed by atoms with Crippen molar-refractivity contribution in [2.75, 3.05) is 58.4 Å². The second kappa shape index (κ2) is 12.4. The number of methoxy groups -OCH3 is 1. The lowest BCUT2D eigenvalue weighted by molar-refractivity contribution is 0.308. The predicted molar refractivity (Wildman–Crippen MR) is 128 cm³/mol. The van der Waals surface area contributed by atoms with Gasteiger partial charge in [-0.15, -0.1) is 24.0 Å². The molecule has 29 heavy (non-hydrogen) atoms. The Hall–Kier alpha value is -2.23. The van der Waals surface area contributed by atoms with E-state index in [2.05, 4.69) is 31.2 Å². The van der Waals surface area contributed by atoms with Gasteiger partial charge in [0, 0.05) is 46.0 Å². The Bertz CT molecular complexity index is 734. The van der Waals surface area contributed by atoms with E-state index in [1.165, 1.54) is 0 Å². The molecule has 3 rings (SSSR count). The molecular formula is C21H30IN5O2. The molecule has 0 bridgehead atoms. The molecule has 0 unspecified atom stereocenters. The summed E-state index contributed by atoms with van der Waals surface area (Å²) in [5.41, 5.74) is 0. The van der Waals surface area contributed by atoms with Gasteiger partial charge in [-0.1, -0.05) is 6.07 Å². The van der Waals surface area contributed by atoms with Crippen molar-refractivity contribution in [3.63, 3.8) is 0 Å². The monoisotopic (exact) mass is 511 g/mol. The van der Waals surface area contributed by atoms with E-state index in [1.54, 1.807) is 7.11 Å². The third-order valence-corrected chi connectivity index (χ3v) is 4.70. The minimum absolute atomic E-state index is 0. The quantitative estimate of drug-likeness (QED) is 0.267. The van der Waals surface area contributed by atoms with Crippen LogP contribution >= 0.6 is 24.0 Å². The van der Waals surface area contributed by atoms with Crippen LogP contribution in [0.4, 0.5) is 5.82 Å². The van der Waals surface area contributed by atoms with Gasteiger partial charge in [0.05, 0.1) is 13.7 Å². The van der Waals surface area contributed by atoms with Gasteiger partial charge in [0.2, 0.25) is 0 Å². The van der Waals surface area contributed by atoms with E-state index >= 15 is 0 Å². The first-order chi connectivity index (χ1) is 13.8. The Morgan fingerprint density at radius 3 is 2.41 bits per heavy atom. The highest BCUT2D eigenvalue weighted by molar-refractivity contribution is 14.0. The van der Waals surface area contributed by atoms with Crippen LogP contribution in [0.3, 0.4) is 0 Å². The summed E-state index contributed by atoms with van der Waals surface area (Å²) in [6, 6.07) is 13.7. The smallest absolute Gasteiger partial charge is 0.193 e. The molecule has 1 saturated heterocycles. The van der Waals surface area contributed by atoms with Gasteiger partial charge >= 0.3 is 0 Å². The van der Waals surface area contributed by atoms with Gasteiger partial charge in [0.15, 0.2) is 5.96 Å². The second-order valence-electron chi connectivity index (χ2n) is 6.51. The van der Waals surface area contributed by atoms with Crippen molar-refractivity contribution in [2.45, 2.75) is 6.42 Å². The first kappa shape index (κ1) is 23.1. The maximum Gasteiger partial charge on any atom is 0.193 e. The van der Waals surface area contributed by atoms with Gasteiger partial charge in [-0.05, 0) is 42.8 Å². The normalized spacial score (nSPS) is 14.2. The molecule has 0 aliphatic carbocycles. The fourth-order valence-electron chi connectivity index (χ4n) is 3.15. The molecule has 1 fully saturated rings. The van der Waals surface area contributed by atoms with Crippen molar-refractivity contribution >= 4 is 35.8 Å². The lowest BCUT2D eigenvalue weighted by Crippen LogP contribution is -2.52. The minimum Gasteiger partial charge on any atom is -0.497 e. The average molecular weight is 511 g/mol. The molecule has 0 spiro atoms. The number of aromatic nitrogens is 1. The number of rotatable bonds is 7. The van der Waals surface area contributed by atoms with Crippen molar-refractivity contribution in [3.05, 3.63) is 48.7 Å². The highest BCUT2D eigenvalue weighted by Gasteiger charge is 2.20. The van der Waals surface area contributed by atoms with Crippen LogP contribution in [0.5, 0.6) is 11.5 Å². The number of nitrogens with zero attached hydrogens (tertiary/aromatic N) is 4. The third-order valence-electron chi connectivity index (χ3n) is 4.70. The molecule has 0 saturated carbocycles. The number of pyridine rings is 1. The van der Waals surface area contributed by atoms with Crippen LogP contribution in [0.25, 0.3) is 0 Å². The van der Waals surface area contributed by atoms with Gasteiger partial charge in [-0.3, -0.25) is 4.99 Å². The van der Waals surface area contributed by atoms with Crippen molar-refractivity contribution in [1.29, 1.82) is 0 Å². The number of piperazine rings is 1. The number of aliphatic imine (C=N–C) groups is 1.